The monoisotopic (exact) mass is 241 g/mol. The van der Waals surface area contributed by atoms with Crippen molar-refractivity contribution in [3.8, 4) is 0 Å². The Bertz CT molecular complexity index is 440. The number of carbonyl (C=O) groups excluding carboxylic acids is 1. The van der Waals surface area contributed by atoms with E-state index in [0.29, 0.717) is 12.5 Å². The number of hydrogen-bond donors (Lipinski definition) is 0. The van der Waals surface area contributed by atoms with Crippen LogP contribution in [0.4, 0.5) is 4.39 Å². The van der Waals surface area contributed by atoms with E-state index in [2.05, 4.69) is 0 Å². The van der Waals surface area contributed by atoms with Crippen molar-refractivity contribution in [2.45, 2.75) is 26.8 Å². The maximum Gasteiger partial charge on any atom is 0.326 e. The summed E-state index contributed by atoms with van der Waals surface area (Å²) in [6.45, 7) is 4.10. The molecule has 1 heterocycles. The second kappa shape index (κ2) is 6.18. The molecule has 0 aliphatic heterocycles. The zero-order valence-corrected chi connectivity index (χ0v) is 9.98. The van der Waals surface area contributed by atoms with Crippen molar-refractivity contribution in [3.63, 3.8) is 0 Å². The van der Waals surface area contributed by atoms with Crippen LogP contribution in [0.2, 0.25) is 0 Å². The molecule has 0 spiro atoms. The minimum atomic E-state index is -0.556. The van der Waals surface area contributed by atoms with Crippen molar-refractivity contribution in [1.29, 1.82) is 0 Å². The molecule has 0 aromatic carbocycles. The molecule has 0 N–H and O–H groups in total. The number of nitrogens with zero attached hydrogens (tertiary/aromatic N) is 1. The number of hydrogen-bond acceptors (Lipinski definition) is 3. The summed E-state index contributed by atoms with van der Waals surface area (Å²) in [7, 11) is 0. The molecule has 0 saturated carbocycles. The molecule has 1 aromatic rings. The molecule has 5 heteroatoms. The number of halogens is 1. The van der Waals surface area contributed by atoms with Crippen molar-refractivity contribution in [2.75, 3.05) is 6.61 Å². The first-order valence-electron chi connectivity index (χ1n) is 5.50. The molecule has 1 rings (SSSR count). The molecule has 0 radical (unpaired) electrons. The number of ether oxygens (including phenoxy) is 1. The maximum atomic E-state index is 12.8. The molecule has 0 saturated heterocycles. The van der Waals surface area contributed by atoms with Gasteiger partial charge in [-0.05, 0) is 18.4 Å². The van der Waals surface area contributed by atoms with Gasteiger partial charge in [0.15, 0.2) is 0 Å². The summed E-state index contributed by atoms with van der Waals surface area (Å²) in [5, 5.41) is 0. The highest BCUT2D eigenvalue weighted by molar-refractivity contribution is 5.69. The Morgan fingerprint density at radius 3 is 2.82 bits per heavy atom. The van der Waals surface area contributed by atoms with Crippen molar-refractivity contribution >= 4 is 5.97 Å². The van der Waals surface area contributed by atoms with Crippen molar-refractivity contribution in [1.82, 2.24) is 4.57 Å². The Labute approximate surface area is 99.0 Å². The van der Waals surface area contributed by atoms with Gasteiger partial charge in [0.2, 0.25) is 0 Å². The highest BCUT2D eigenvalue weighted by Gasteiger charge is 2.07. The summed E-state index contributed by atoms with van der Waals surface area (Å²) in [5.41, 5.74) is -0.424. The van der Waals surface area contributed by atoms with E-state index in [1.165, 1.54) is 0 Å². The molecule has 1 aromatic heterocycles. The number of esters is 1. The average molecular weight is 241 g/mol. The van der Waals surface area contributed by atoms with Crippen LogP contribution in [-0.4, -0.2) is 17.1 Å². The van der Waals surface area contributed by atoms with Gasteiger partial charge in [0.05, 0.1) is 6.61 Å². The number of aromatic nitrogens is 1. The van der Waals surface area contributed by atoms with Crippen LogP contribution in [0.5, 0.6) is 0 Å². The second-order valence-corrected chi connectivity index (χ2v) is 4.22. The molecule has 17 heavy (non-hydrogen) atoms. The number of carbonyl (C=O) groups is 1. The molecule has 0 aliphatic rings. The molecule has 0 amide bonds. The molecular weight excluding hydrogens is 225 g/mol. The minimum Gasteiger partial charge on any atom is -0.464 e. The molecule has 0 aliphatic carbocycles. The molecular formula is C12H16FNO3. The van der Waals surface area contributed by atoms with Gasteiger partial charge in [-0.1, -0.05) is 13.8 Å². The first-order chi connectivity index (χ1) is 7.99. The van der Waals surface area contributed by atoms with Gasteiger partial charge in [0, 0.05) is 12.3 Å². The van der Waals surface area contributed by atoms with Crippen molar-refractivity contribution in [2.24, 2.45) is 5.92 Å². The third kappa shape index (κ3) is 4.80. The summed E-state index contributed by atoms with van der Waals surface area (Å²) in [5.74, 6) is -0.641. The Morgan fingerprint density at radius 2 is 2.18 bits per heavy atom. The first kappa shape index (κ1) is 13.4. The van der Waals surface area contributed by atoms with Gasteiger partial charge in [-0.25, -0.2) is 4.39 Å². The Balaban J connectivity index is 2.50. The molecule has 0 bridgehead atoms. The molecule has 0 atom stereocenters. The lowest BCUT2D eigenvalue weighted by molar-refractivity contribution is -0.144. The van der Waals surface area contributed by atoms with Gasteiger partial charge >= 0.3 is 5.97 Å². The summed E-state index contributed by atoms with van der Waals surface area (Å²) in [6, 6.07) is 2.14. The van der Waals surface area contributed by atoms with E-state index in [1.54, 1.807) is 0 Å². The largest absolute Gasteiger partial charge is 0.464 e. The molecule has 94 valence electrons. The Hall–Kier alpha value is -1.65. The van der Waals surface area contributed by atoms with E-state index >= 15 is 0 Å². The van der Waals surface area contributed by atoms with E-state index in [9.17, 15) is 14.0 Å². The topological polar surface area (TPSA) is 48.3 Å². The maximum absolute atomic E-state index is 12.8. The minimum absolute atomic E-state index is 0.255. The summed E-state index contributed by atoms with van der Waals surface area (Å²) in [6.07, 6.45) is 1.76. The van der Waals surface area contributed by atoms with Crippen LogP contribution in [0.3, 0.4) is 0 Å². The lowest BCUT2D eigenvalue weighted by Crippen LogP contribution is -2.24. The van der Waals surface area contributed by atoms with Gasteiger partial charge in [-0.2, -0.15) is 0 Å². The van der Waals surface area contributed by atoms with E-state index in [4.69, 9.17) is 4.74 Å². The lowest BCUT2D eigenvalue weighted by Gasteiger charge is -2.08. The van der Waals surface area contributed by atoms with Gasteiger partial charge in [0.25, 0.3) is 5.56 Å². The standard InChI is InChI=1S/C12H16FNO3/c1-9(2)5-6-17-12(16)8-14-7-10(13)3-4-11(14)15/h3-4,7,9H,5-6,8H2,1-2H3. The van der Waals surface area contributed by atoms with Crippen LogP contribution in [0.25, 0.3) is 0 Å². The van der Waals surface area contributed by atoms with E-state index in [1.807, 2.05) is 13.8 Å². The summed E-state index contributed by atoms with van der Waals surface area (Å²) in [4.78, 5) is 22.6. The zero-order valence-electron chi connectivity index (χ0n) is 9.98. The summed E-state index contributed by atoms with van der Waals surface area (Å²) < 4.78 is 18.8. The smallest absolute Gasteiger partial charge is 0.326 e. The van der Waals surface area contributed by atoms with Crippen LogP contribution >= 0.6 is 0 Å². The fourth-order valence-electron chi connectivity index (χ4n) is 1.22. The predicted molar refractivity (Wildman–Crippen MR) is 61.1 cm³/mol. The van der Waals surface area contributed by atoms with Crippen molar-refractivity contribution in [3.05, 3.63) is 34.5 Å². The van der Waals surface area contributed by atoms with Crippen LogP contribution < -0.4 is 5.56 Å². The predicted octanol–water partition coefficient (Wildman–Crippen LogP) is 1.58. The average Bonchev–Trinajstić information content (AvgIpc) is 2.23. The fourth-order valence-corrected chi connectivity index (χ4v) is 1.22. The molecule has 4 nitrogen and oxygen atoms in total. The number of rotatable bonds is 5. The SMILES string of the molecule is CC(C)CCOC(=O)Cn1cc(F)ccc1=O. The first-order valence-corrected chi connectivity index (χ1v) is 5.50. The van der Waals surface area contributed by atoms with Gasteiger partial charge in [0.1, 0.15) is 12.4 Å². The third-order valence-electron chi connectivity index (χ3n) is 2.21. The quantitative estimate of drug-likeness (QED) is 0.735. The molecule has 0 fully saturated rings. The molecule has 0 unspecified atom stereocenters. The second-order valence-electron chi connectivity index (χ2n) is 4.22. The van der Waals surface area contributed by atoms with Gasteiger partial charge < -0.3 is 9.30 Å². The zero-order chi connectivity index (χ0) is 12.8. The van der Waals surface area contributed by atoms with Crippen LogP contribution in [0.1, 0.15) is 20.3 Å². The van der Waals surface area contributed by atoms with Crippen molar-refractivity contribution < 1.29 is 13.9 Å². The van der Waals surface area contributed by atoms with E-state index < -0.39 is 17.3 Å². The lowest BCUT2D eigenvalue weighted by atomic mass is 10.1. The fraction of sp³-hybridized carbons (Fsp3) is 0.500. The summed E-state index contributed by atoms with van der Waals surface area (Å²) >= 11 is 0. The number of pyridine rings is 1. The third-order valence-corrected chi connectivity index (χ3v) is 2.21. The van der Waals surface area contributed by atoms with E-state index in [-0.39, 0.29) is 6.54 Å². The van der Waals surface area contributed by atoms with Gasteiger partial charge in [-0.15, -0.1) is 0 Å². The van der Waals surface area contributed by atoms with Crippen LogP contribution in [0, 0.1) is 11.7 Å². The van der Waals surface area contributed by atoms with Gasteiger partial charge in [-0.3, -0.25) is 9.59 Å². The Morgan fingerprint density at radius 1 is 1.47 bits per heavy atom. The normalized spacial score (nSPS) is 10.6. The van der Waals surface area contributed by atoms with Crippen LogP contribution in [-0.2, 0) is 16.1 Å². The highest BCUT2D eigenvalue weighted by atomic mass is 19.1. The van der Waals surface area contributed by atoms with E-state index in [0.717, 1.165) is 29.3 Å². The van der Waals surface area contributed by atoms with Crippen LogP contribution in [0.15, 0.2) is 23.1 Å². The highest BCUT2D eigenvalue weighted by Crippen LogP contribution is 1.99. The Kier molecular flexibility index (Phi) is 4.87.